The third-order valence-electron chi connectivity index (χ3n) is 2.48. The molecule has 0 radical (unpaired) electrons. The number of hydrogen-bond acceptors (Lipinski definition) is 3. The molecule has 0 spiro atoms. The van der Waals surface area contributed by atoms with E-state index in [0.717, 1.165) is 19.0 Å². The van der Waals surface area contributed by atoms with Crippen LogP contribution >= 0.6 is 12.4 Å². The molecule has 1 aromatic heterocycles. The molecule has 4 heteroatoms. The molecule has 1 fully saturated rings. The van der Waals surface area contributed by atoms with Crippen molar-refractivity contribution in [2.75, 3.05) is 13.2 Å². The number of pyridine rings is 1. The average molecular weight is 229 g/mol. The quantitative estimate of drug-likeness (QED) is 0.860. The second-order valence-electron chi connectivity index (χ2n) is 3.63. The lowest BCUT2D eigenvalue weighted by atomic mass is 10.1. The molecule has 0 aliphatic carbocycles. The number of aromatic nitrogens is 1. The maximum absolute atomic E-state index is 5.57. The van der Waals surface area contributed by atoms with Gasteiger partial charge in [-0.3, -0.25) is 0 Å². The van der Waals surface area contributed by atoms with Crippen molar-refractivity contribution in [1.82, 2.24) is 10.3 Å². The summed E-state index contributed by atoms with van der Waals surface area (Å²) in [5.41, 5.74) is 0. The van der Waals surface area contributed by atoms with E-state index < -0.39 is 0 Å². The van der Waals surface area contributed by atoms with Crippen LogP contribution in [0, 0.1) is 0 Å². The molecule has 15 heavy (non-hydrogen) atoms. The van der Waals surface area contributed by atoms with Crippen molar-refractivity contribution in [1.29, 1.82) is 0 Å². The van der Waals surface area contributed by atoms with Crippen molar-refractivity contribution in [3.63, 3.8) is 0 Å². The van der Waals surface area contributed by atoms with Crippen LogP contribution in [0.3, 0.4) is 0 Å². The molecular formula is C11H17ClN2O. The summed E-state index contributed by atoms with van der Waals surface area (Å²) in [4.78, 5) is 4.11. The average Bonchev–Trinajstić information content (AvgIpc) is 2.29. The van der Waals surface area contributed by atoms with Crippen LogP contribution in [-0.2, 0) is 0 Å². The van der Waals surface area contributed by atoms with Gasteiger partial charge in [0.1, 0.15) is 6.61 Å². The first-order chi connectivity index (χ1) is 6.95. The predicted molar refractivity (Wildman–Crippen MR) is 62.6 cm³/mol. The minimum atomic E-state index is 0. The van der Waals surface area contributed by atoms with E-state index in [4.69, 9.17) is 4.74 Å². The Morgan fingerprint density at radius 3 is 3.00 bits per heavy atom. The van der Waals surface area contributed by atoms with Gasteiger partial charge >= 0.3 is 0 Å². The molecule has 1 unspecified atom stereocenters. The number of nitrogens with one attached hydrogen (secondary N) is 1. The summed E-state index contributed by atoms with van der Waals surface area (Å²) in [6, 6.07) is 6.23. The number of nitrogens with zero attached hydrogens (tertiary/aromatic N) is 1. The van der Waals surface area contributed by atoms with Crippen LogP contribution in [0.2, 0.25) is 0 Å². The number of ether oxygens (including phenoxy) is 1. The summed E-state index contributed by atoms with van der Waals surface area (Å²) in [5, 5.41) is 3.44. The number of piperidine rings is 1. The van der Waals surface area contributed by atoms with Crippen molar-refractivity contribution >= 4 is 12.4 Å². The fourth-order valence-corrected chi connectivity index (χ4v) is 1.68. The molecule has 0 amide bonds. The van der Waals surface area contributed by atoms with E-state index in [1.54, 1.807) is 6.20 Å². The molecule has 1 aliphatic rings. The summed E-state index contributed by atoms with van der Waals surface area (Å²) in [7, 11) is 0. The maximum atomic E-state index is 5.57. The highest BCUT2D eigenvalue weighted by molar-refractivity contribution is 5.85. The zero-order valence-electron chi connectivity index (χ0n) is 8.69. The molecule has 0 bridgehead atoms. The molecule has 1 aromatic rings. The van der Waals surface area contributed by atoms with Gasteiger partial charge in [0, 0.05) is 18.3 Å². The molecule has 2 rings (SSSR count). The first kappa shape index (κ1) is 12.3. The SMILES string of the molecule is Cl.c1ccc(OCC2CCCCN2)nc1. The van der Waals surface area contributed by atoms with Crippen LogP contribution in [0.5, 0.6) is 5.88 Å². The summed E-state index contributed by atoms with van der Waals surface area (Å²) in [5.74, 6) is 0.722. The van der Waals surface area contributed by atoms with Crippen LogP contribution in [0.4, 0.5) is 0 Å². The van der Waals surface area contributed by atoms with Crippen LogP contribution in [0.15, 0.2) is 24.4 Å². The first-order valence-corrected chi connectivity index (χ1v) is 5.22. The summed E-state index contributed by atoms with van der Waals surface area (Å²) < 4.78 is 5.57. The number of rotatable bonds is 3. The van der Waals surface area contributed by atoms with E-state index in [1.807, 2.05) is 18.2 Å². The second kappa shape index (κ2) is 6.64. The Labute approximate surface area is 96.7 Å². The van der Waals surface area contributed by atoms with E-state index >= 15 is 0 Å². The summed E-state index contributed by atoms with van der Waals surface area (Å²) in [6.07, 6.45) is 5.57. The Morgan fingerprint density at radius 1 is 1.40 bits per heavy atom. The van der Waals surface area contributed by atoms with Crippen LogP contribution in [0.1, 0.15) is 19.3 Å². The zero-order chi connectivity index (χ0) is 9.64. The van der Waals surface area contributed by atoms with Gasteiger partial charge in [-0.25, -0.2) is 4.98 Å². The molecule has 84 valence electrons. The van der Waals surface area contributed by atoms with Gasteiger partial charge in [-0.15, -0.1) is 12.4 Å². The predicted octanol–water partition coefficient (Wildman–Crippen LogP) is 2.02. The fraction of sp³-hybridized carbons (Fsp3) is 0.545. The lowest BCUT2D eigenvalue weighted by Gasteiger charge is -2.23. The molecular weight excluding hydrogens is 212 g/mol. The largest absolute Gasteiger partial charge is 0.476 e. The van der Waals surface area contributed by atoms with Gasteiger partial charge in [0.05, 0.1) is 0 Å². The van der Waals surface area contributed by atoms with Crippen molar-refractivity contribution in [2.45, 2.75) is 25.3 Å². The van der Waals surface area contributed by atoms with Gasteiger partial charge in [-0.1, -0.05) is 12.5 Å². The number of halogens is 1. The van der Waals surface area contributed by atoms with Crippen LogP contribution < -0.4 is 10.1 Å². The molecule has 1 saturated heterocycles. The van der Waals surface area contributed by atoms with Crippen LogP contribution in [-0.4, -0.2) is 24.2 Å². The Bertz CT molecular complexity index is 263. The Morgan fingerprint density at radius 2 is 2.33 bits per heavy atom. The summed E-state index contributed by atoms with van der Waals surface area (Å²) >= 11 is 0. The molecule has 2 heterocycles. The highest BCUT2D eigenvalue weighted by Gasteiger charge is 2.12. The minimum Gasteiger partial charge on any atom is -0.476 e. The van der Waals surface area contributed by atoms with Gasteiger partial charge in [0.2, 0.25) is 5.88 Å². The van der Waals surface area contributed by atoms with E-state index in [1.165, 1.54) is 19.3 Å². The van der Waals surface area contributed by atoms with Crippen LogP contribution in [0.25, 0.3) is 0 Å². The first-order valence-electron chi connectivity index (χ1n) is 5.22. The fourth-order valence-electron chi connectivity index (χ4n) is 1.68. The highest BCUT2D eigenvalue weighted by Crippen LogP contribution is 2.09. The third-order valence-corrected chi connectivity index (χ3v) is 2.48. The van der Waals surface area contributed by atoms with Gasteiger partial charge in [-0.2, -0.15) is 0 Å². The Kier molecular flexibility index (Phi) is 5.43. The summed E-state index contributed by atoms with van der Waals surface area (Å²) in [6.45, 7) is 1.85. The van der Waals surface area contributed by atoms with E-state index in [9.17, 15) is 0 Å². The lowest BCUT2D eigenvalue weighted by Crippen LogP contribution is -2.38. The van der Waals surface area contributed by atoms with E-state index in [0.29, 0.717) is 6.04 Å². The highest BCUT2D eigenvalue weighted by atomic mass is 35.5. The zero-order valence-corrected chi connectivity index (χ0v) is 9.50. The molecule has 0 saturated carbocycles. The van der Waals surface area contributed by atoms with Crippen molar-refractivity contribution in [2.24, 2.45) is 0 Å². The van der Waals surface area contributed by atoms with E-state index in [-0.39, 0.29) is 12.4 Å². The maximum Gasteiger partial charge on any atom is 0.213 e. The minimum absolute atomic E-state index is 0. The number of hydrogen-bond donors (Lipinski definition) is 1. The van der Waals surface area contributed by atoms with Gasteiger partial charge in [-0.05, 0) is 25.5 Å². The molecule has 1 N–H and O–H groups in total. The van der Waals surface area contributed by atoms with Gasteiger partial charge in [0.15, 0.2) is 0 Å². The van der Waals surface area contributed by atoms with Gasteiger partial charge in [0.25, 0.3) is 0 Å². The normalized spacial score (nSPS) is 20.4. The molecule has 1 aliphatic heterocycles. The smallest absolute Gasteiger partial charge is 0.213 e. The topological polar surface area (TPSA) is 34.1 Å². The second-order valence-corrected chi connectivity index (χ2v) is 3.63. The third kappa shape index (κ3) is 4.06. The molecule has 3 nitrogen and oxygen atoms in total. The Balaban J connectivity index is 0.00000112. The lowest BCUT2D eigenvalue weighted by molar-refractivity contribution is 0.232. The standard InChI is InChI=1S/C11H16N2O.ClH/c1-3-7-12-10(5-1)9-14-11-6-2-4-8-13-11;/h2,4,6,8,10,12H,1,3,5,7,9H2;1H. The van der Waals surface area contributed by atoms with E-state index in [2.05, 4.69) is 10.3 Å². The van der Waals surface area contributed by atoms with Crippen molar-refractivity contribution < 1.29 is 4.74 Å². The van der Waals surface area contributed by atoms with Gasteiger partial charge < -0.3 is 10.1 Å². The molecule has 0 aromatic carbocycles. The monoisotopic (exact) mass is 228 g/mol. The molecule has 1 atom stereocenters. The van der Waals surface area contributed by atoms with Crippen molar-refractivity contribution in [3.05, 3.63) is 24.4 Å². The van der Waals surface area contributed by atoms with Crippen molar-refractivity contribution in [3.8, 4) is 5.88 Å². The Hall–Kier alpha value is -0.800.